The summed E-state index contributed by atoms with van der Waals surface area (Å²) in [5.74, 6) is 0.750. The number of benzene rings is 2. The highest BCUT2D eigenvalue weighted by Crippen LogP contribution is 2.36. The van der Waals surface area contributed by atoms with Gasteiger partial charge in [0, 0.05) is 17.5 Å². The zero-order valence-corrected chi connectivity index (χ0v) is 14.3. The van der Waals surface area contributed by atoms with Gasteiger partial charge in [0.1, 0.15) is 17.0 Å². The molecule has 4 aromatic rings. The first-order chi connectivity index (χ1) is 12.3. The molecule has 0 fully saturated rings. The summed E-state index contributed by atoms with van der Waals surface area (Å²) >= 11 is 1.60. The maximum absolute atomic E-state index is 10.4. The van der Waals surface area contributed by atoms with Gasteiger partial charge in [0.2, 0.25) is 0 Å². The Morgan fingerprint density at radius 2 is 1.68 bits per heavy atom. The summed E-state index contributed by atoms with van der Waals surface area (Å²) in [7, 11) is 0. The van der Waals surface area contributed by atoms with Crippen molar-refractivity contribution in [3.8, 4) is 11.1 Å². The number of aliphatic hydroxyl groups excluding tert-OH is 1. The number of anilines is 1. The van der Waals surface area contributed by atoms with Gasteiger partial charge in [0.05, 0.1) is 11.5 Å². The SMILES string of the molecule is O[C@@H](CNc1ncnc2scc(-c3ccccc3)c12)c1ccccc1. The number of hydrogen-bond donors (Lipinski definition) is 2. The molecule has 0 aliphatic carbocycles. The Morgan fingerprint density at radius 3 is 2.44 bits per heavy atom. The number of fused-ring (bicyclic) bond motifs is 1. The first kappa shape index (κ1) is 15.7. The number of thiophene rings is 1. The summed E-state index contributed by atoms with van der Waals surface area (Å²) in [6.45, 7) is 0.389. The van der Waals surface area contributed by atoms with Crippen LogP contribution >= 0.6 is 11.3 Å². The Morgan fingerprint density at radius 1 is 0.960 bits per heavy atom. The fourth-order valence-corrected chi connectivity index (χ4v) is 3.74. The molecule has 0 saturated heterocycles. The predicted molar refractivity (Wildman–Crippen MR) is 103 cm³/mol. The molecule has 0 unspecified atom stereocenters. The highest BCUT2D eigenvalue weighted by atomic mass is 32.1. The zero-order valence-electron chi connectivity index (χ0n) is 13.5. The Hall–Kier alpha value is -2.76. The Labute approximate surface area is 149 Å². The molecule has 2 N–H and O–H groups in total. The van der Waals surface area contributed by atoms with Crippen LogP contribution in [0.5, 0.6) is 0 Å². The normalized spacial score (nSPS) is 12.2. The standard InChI is InChI=1S/C20H17N3OS/c24-17(15-9-5-2-6-10-15)11-21-19-18-16(14-7-3-1-4-8-14)12-25-20(18)23-13-22-19/h1-10,12-13,17,24H,11H2,(H,21,22,23)/t17-/m0/s1. The van der Waals surface area contributed by atoms with Gasteiger partial charge in [-0.15, -0.1) is 11.3 Å². The van der Waals surface area contributed by atoms with E-state index in [-0.39, 0.29) is 0 Å². The average Bonchev–Trinajstić information content (AvgIpc) is 3.12. The molecule has 0 bridgehead atoms. The highest BCUT2D eigenvalue weighted by Gasteiger charge is 2.14. The lowest BCUT2D eigenvalue weighted by Crippen LogP contribution is -2.13. The van der Waals surface area contributed by atoms with Crippen molar-refractivity contribution in [1.29, 1.82) is 0 Å². The first-order valence-electron chi connectivity index (χ1n) is 8.07. The van der Waals surface area contributed by atoms with E-state index < -0.39 is 6.10 Å². The minimum atomic E-state index is -0.593. The van der Waals surface area contributed by atoms with Crippen LogP contribution in [0.25, 0.3) is 21.3 Å². The van der Waals surface area contributed by atoms with Crippen LogP contribution in [0.3, 0.4) is 0 Å². The summed E-state index contributed by atoms with van der Waals surface area (Å²) < 4.78 is 0. The third kappa shape index (κ3) is 3.24. The van der Waals surface area contributed by atoms with Crippen LogP contribution in [0.4, 0.5) is 5.82 Å². The zero-order chi connectivity index (χ0) is 17.1. The maximum atomic E-state index is 10.4. The lowest BCUT2D eigenvalue weighted by Gasteiger charge is -2.13. The molecule has 25 heavy (non-hydrogen) atoms. The van der Waals surface area contributed by atoms with Crippen LogP contribution < -0.4 is 5.32 Å². The van der Waals surface area contributed by atoms with Crippen LogP contribution in [0, 0.1) is 0 Å². The van der Waals surface area contributed by atoms with E-state index in [0.29, 0.717) is 6.54 Å². The summed E-state index contributed by atoms with van der Waals surface area (Å²) in [5, 5.41) is 16.8. The molecule has 0 aliphatic heterocycles. The van der Waals surface area contributed by atoms with Crippen molar-refractivity contribution in [3.05, 3.63) is 77.9 Å². The van der Waals surface area contributed by atoms with E-state index in [4.69, 9.17) is 0 Å². The van der Waals surface area contributed by atoms with Crippen LogP contribution in [0.1, 0.15) is 11.7 Å². The van der Waals surface area contributed by atoms with Gasteiger partial charge in [-0.25, -0.2) is 9.97 Å². The molecule has 4 nitrogen and oxygen atoms in total. The number of aromatic nitrogens is 2. The van der Waals surface area contributed by atoms with Crippen LogP contribution in [-0.2, 0) is 0 Å². The fourth-order valence-electron chi connectivity index (χ4n) is 2.83. The second kappa shape index (κ2) is 7.01. The van der Waals surface area contributed by atoms with Gasteiger partial charge >= 0.3 is 0 Å². The van der Waals surface area contributed by atoms with E-state index in [1.54, 1.807) is 17.7 Å². The van der Waals surface area contributed by atoms with Gasteiger partial charge in [-0.05, 0) is 11.1 Å². The van der Waals surface area contributed by atoms with E-state index in [1.807, 2.05) is 48.5 Å². The lowest BCUT2D eigenvalue weighted by molar-refractivity contribution is 0.191. The summed E-state index contributed by atoms with van der Waals surface area (Å²) in [4.78, 5) is 9.72. The number of rotatable bonds is 5. The minimum absolute atomic E-state index is 0.389. The average molecular weight is 347 g/mol. The number of nitrogens with zero attached hydrogens (tertiary/aromatic N) is 2. The number of hydrogen-bond acceptors (Lipinski definition) is 5. The molecule has 5 heteroatoms. The molecular formula is C20H17N3OS. The van der Waals surface area contributed by atoms with E-state index in [1.165, 1.54) is 0 Å². The fraction of sp³-hybridized carbons (Fsp3) is 0.100. The van der Waals surface area contributed by atoms with Crippen molar-refractivity contribution >= 4 is 27.4 Å². The molecule has 0 aliphatic rings. The third-order valence-corrected chi connectivity index (χ3v) is 4.99. The predicted octanol–water partition coefficient (Wildman–Crippen LogP) is 4.50. The van der Waals surface area contributed by atoms with Gasteiger partial charge in [-0.2, -0.15) is 0 Å². The monoisotopic (exact) mass is 347 g/mol. The molecule has 124 valence electrons. The van der Waals surface area contributed by atoms with E-state index >= 15 is 0 Å². The Kier molecular flexibility index (Phi) is 4.41. The summed E-state index contributed by atoms with van der Waals surface area (Å²) in [6, 6.07) is 19.8. The maximum Gasteiger partial charge on any atom is 0.138 e. The second-order valence-electron chi connectivity index (χ2n) is 5.73. The van der Waals surface area contributed by atoms with Gasteiger partial charge in [0.25, 0.3) is 0 Å². The van der Waals surface area contributed by atoms with Crippen molar-refractivity contribution in [1.82, 2.24) is 9.97 Å². The minimum Gasteiger partial charge on any atom is -0.387 e. The molecule has 0 amide bonds. The smallest absolute Gasteiger partial charge is 0.138 e. The molecule has 4 rings (SSSR count). The van der Waals surface area contributed by atoms with Gasteiger partial charge in [-0.1, -0.05) is 60.7 Å². The number of aliphatic hydroxyl groups is 1. The molecule has 0 spiro atoms. The van der Waals surface area contributed by atoms with Crippen LogP contribution in [-0.4, -0.2) is 21.6 Å². The second-order valence-corrected chi connectivity index (χ2v) is 6.58. The first-order valence-corrected chi connectivity index (χ1v) is 8.95. The third-order valence-electron chi connectivity index (χ3n) is 4.10. The molecule has 2 heterocycles. The molecule has 1 atom stereocenters. The molecule has 2 aromatic carbocycles. The quantitative estimate of drug-likeness (QED) is 0.558. The molecule has 2 aromatic heterocycles. The van der Waals surface area contributed by atoms with Gasteiger partial charge in [-0.3, -0.25) is 0 Å². The van der Waals surface area contributed by atoms with E-state index in [2.05, 4.69) is 32.8 Å². The van der Waals surface area contributed by atoms with E-state index in [9.17, 15) is 5.11 Å². The van der Waals surface area contributed by atoms with Crippen LogP contribution in [0.2, 0.25) is 0 Å². The van der Waals surface area contributed by atoms with Crippen LogP contribution in [0.15, 0.2) is 72.4 Å². The highest BCUT2D eigenvalue weighted by molar-refractivity contribution is 7.17. The van der Waals surface area contributed by atoms with Crippen molar-refractivity contribution in [2.75, 3.05) is 11.9 Å². The summed E-state index contributed by atoms with van der Waals surface area (Å²) in [5.41, 5.74) is 3.13. The molecular weight excluding hydrogens is 330 g/mol. The topological polar surface area (TPSA) is 58.0 Å². The Bertz CT molecular complexity index is 970. The van der Waals surface area contributed by atoms with Crippen molar-refractivity contribution < 1.29 is 5.11 Å². The molecule has 0 saturated carbocycles. The number of nitrogens with one attached hydrogen (secondary N) is 1. The lowest BCUT2D eigenvalue weighted by atomic mass is 10.1. The van der Waals surface area contributed by atoms with Crippen molar-refractivity contribution in [2.45, 2.75) is 6.10 Å². The largest absolute Gasteiger partial charge is 0.387 e. The van der Waals surface area contributed by atoms with E-state index in [0.717, 1.165) is 32.7 Å². The molecule has 0 radical (unpaired) electrons. The van der Waals surface area contributed by atoms with Crippen molar-refractivity contribution in [3.63, 3.8) is 0 Å². The summed E-state index contributed by atoms with van der Waals surface area (Å²) in [6.07, 6.45) is 0.968. The van der Waals surface area contributed by atoms with Crippen molar-refractivity contribution in [2.24, 2.45) is 0 Å². The van der Waals surface area contributed by atoms with Gasteiger partial charge < -0.3 is 10.4 Å². The van der Waals surface area contributed by atoms with Gasteiger partial charge in [0.15, 0.2) is 0 Å². The Balaban J connectivity index is 1.65.